The summed E-state index contributed by atoms with van der Waals surface area (Å²) in [6, 6.07) is 0.00453. The lowest BCUT2D eigenvalue weighted by molar-refractivity contribution is 0.217. The zero-order chi connectivity index (χ0) is 9.80. The fourth-order valence-electron chi connectivity index (χ4n) is 2.67. The van der Waals surface area contributed by atoms with E-state index in [0.29, 0.717) is 5.92 Å². The van der Waals surface area contributed by atoms with Crippen molar-refractivity contribution in [2.45, 2.75) is 38.5 Å². The average molecular weight is 196 g/mol. The molecule has 0 radical (unpaired) electrons. The molecule has 0 aromatic heterocycles. The molecule has 0 unspecified atom stereocenters. The smallest absolute Gasteiger partial charge is 0.314 e. The van der Waals surface area contributed by atoms with Crippen LogP contribution >= 0.6 is 0 Å². The zero-order valence-corrected chi connectivity index (χ0v) is 8.72. The summed E-state index contributed by atoms with van der Waals surface area (Å²) >= 11 is 0. The molecule has 2 amide bonds. The number of carbonyl (C=O) groups is 1. The van der Waals surface area contributed by atoms with Crippen molar-refractivity contribution in [1.82, 2.24) is 10.6 Å². The average Bonchev–Trinajstić information content (AvgIpc) is 2.23. The second-order valence-electron chi connectivity index (χ2n) is 4.70. The van der Waals surface area contributed by atoms with Crippen LogP contribution in [-0.4, -0.2) is 19.1 Å². The van der Waals surface area contributed by atoms with Crippen LogP contribution in [-0.2, 0) is 0 Å². The standard InChI is InChI=1S/C11H20N2O/c14-11-12-7-10(8-13-11)6-9-4-2-1-3-5-9/h9-10H,1-8H2,(H2,12,13,14). The number of hydrogen-bond donors (Lipinski definition) is 2. The third kappa shape index (κ3) is 2.63. The Hall–Kier alpha value is -0.730. The first-order valence-corrected chi connectivity index (χ1v) is 5.86. The molecule has 1 saturated heterocycles. The van der Waals surface area contributed by atoms with E-state index in [2.05, 4.69) is 10.6 Å². The number of urea groups is 1. The quantitative estimate of drug-likeness (QED) is 0.695. The van der Waals surface area contributed by atoms with E-state index in [1.165, 1.54) is 38.5 Å². The van der Waals surface area contributed by atoms with Gasteiger partial charge in [0, 0.05) is 13.1 Å². The van der Waals surface area contributed by atoms with Crippen LogP contribution in [0.25, 0.3) is 0 Å². The lowest BCUT2D eigenvalue weighted by atomic mass is 9.82. The molecule has 0 spiro atoms. The SMILES string of the molecule is O=C1NCC(CC2CCCCC2)CN1. The van der Waals surface area contributed by atoms with Crippen LogP contribution in [0, 0.1) is 11.8 Å². The van der Waals surface area contributed by atoms with Crippen molar-refractivity contribution < 1.29 is 4.79 Å². The van der Waals surface area contributed by atoms with Gasteiger partial charge in [-0.25, -0.2) is 4.79 Å². The molecule has 3 heteroatoms. The van der Waals surface area contributed by atoms with E-state index in [1.54, 1.807) is 0 Å². The first-order valence-electron chi connectivity index (χ1n) is 5.86. The zero-order valence-electron chi connectivity index (χ0n) is 8.72. The van der Waals surface area contributed by atoms with E-state index >= 15 is 0 Å². The van der Waals surface area contributed by atoms with Crippen LogP contribution in [0.2, 0.25) is 0 Å². The summed E-state index contributed by atoms with van der Waals surface area (Å²) in [6.45, 7) is 1.75. The minimum Gasteiger partial charge on any atom is -0.338 e. The minimum absolute atomic E-state index is 0.00453. The van der Waals surface area contributed by atoms with Gasteiger partial charge in [0.2, 0.25) is 0 Å². The summed E-state index contributed by atoms with van der Waals surface area (Å²) in [6.07, 6.45) is 8.37. The van der Waals surface area contributed by atoms with Crippen LogP contribution in [0.15, 0.2) is 0 Å². The topological polar surface area (TPSA) is 41.1 Å². The Bertz CT molecular complexity index is 189. The van der Waals surface area contributed by atoms with E-state index in [9.17, 15) is 4.79 Å². The first kappa shape index (κ1) is 9.81. The summed E-state index contributed by atoms with van der Waals surface area (Å²) in [4.78, 5) is 10.9. The normalized spacial score (nSPS) is 25.6. The Kier molecular flexibility index (Phi) is 3.27. The van der Waals surface area contributed by atoms with Crippen LogP contribution < -0.4 is 10.6 Å². The van der Waals surface area contributed by atoms with E-state index in [-0.39, 0.29) is 6.03 Å². The molecule has 0 atom stereocenters. The summed E-state index contributed by atoms with van der Waals surface area (Å²) in [5.41, 5.74) is 0. The fraction of sp³-hybridized carbons (Fsp3) is 0.909. The molecule has 14 heavy (non-hydrogen) atoms. The van der Waals surface area contributed by atoms with Crippen molar-refractivity contribution in [2.75, 3.05) is 13.1 Å². The van der Waals surface area contributed by atoms with Gasteiger partial charge in [-0.1, -0.05) is 32.1 Å². The number of rotatable bonds is 2. The Morgan fingerprint density at radius 2 is 1.64 bits per heavy atom. The predicted octanol–water partition coefficient (Wildman–Crippen LogP) is 1.89. The molecule has 2 aliphatic rings. The molecular weight excluding hydrogens is 176 g/mol. The maximum atomic E-state index is 10.9. The highest BCUT2D eigenvalue weighted by atomic mass is 16.2. The van der Waals surface area contributed by atoms with Crippen molar-refractivity contribution in [3.63, 3.8) is 0 Å². The van der Waals surface area contributed by atoms with Gasteiger partial charge in [-0.3, -0.25) is 0 Å². The molecule has 80 valence electrons. The Balaban J connectivity index is 1.71. The third-order valence-electron chi connectivity index (χ3n) is 3.49. The first-order chi connectivity index (χ1) is 6.84. The second-order valence-corrected chi connectivity index (χ2v) is 4.70. The summed E-state index contributed by atoms with van der Waals surface area (Å²) in [7, 11) is 0. The van der Waals surface area contributed by atoms with E-state index in [4.69, 9.17) is 0 Å². The molecule has 0 aromatic rings. The summed E-state index contributed by atoms with van der Waals surface area (Å²) < 4.78 is 0. The van der Waals surface area contributed by atoms with Gasteiger partial charge in [0.1, 0.15) is 0 Å². The Labute approximate surface area is 85.6 Å². The largest absolute Gasteiger partial charge is 0.338 e. The number of nitrogens with one attached hydrogen (secondary N) is 2. The third-order valence-corrected chi connectivity index (χ3v) is 3.49. The van der Waals surface area contributed by atoms with Crippen molar-refractivity contribution in [1.29, 1.82) is 0 Å². The highest BCUT2D eigenvalue weighted by Gasteiger charge is 2.22. The van der Waals surface area contributed by atoms with Crippen LogP contribution in [0.4, 0.5) is 4.79 Å². The molecule has 1 aliphatic heterocycles. The van der Waals surface area contributed by atoms with Crippen LogP contribution in [0.5, 0.6) is 0 Å². The van der Waals surface area contributed by atoms with E-state index in [1.807, 2.05) is 0 Å². The molecule has 2 fully saturated rings. The van der Waals surface area contributed by atoms with Gasteiger partial charge in [0.05, 0.1) is 0 Å². The van der Waals surface area contributed by atoms with Gasteiger partial charge in [-0.05, 0) is 18.3 Å². The van der Waals surface area contributed by atoms with E-state index < -0.39 is 0 Å². The lowest BCUT2D eigenvalue weighted by Crippen LogP contribution is -2.48. The maximum absolute atomic E-state index is 10.9. The molecular formula is C11H20N2O. The van der Waals surface area contributed by atoms with Crippen LogP contribution in [0.1, 0.15) is 38.5 Å². The van der Waals surface area contributed by atoms with Gasteiger partial charge in [0.25, 0.3) is 0 Å². The van der Waals surface area contributed by atoms with Gasteiger partial charge >= 0.3 is 6.03 Å². The van der Waals surface area contributed by atoms with E-state index in [0.717, 1.165) is 19.0 Å². The van der Waals surface area contributed by atoms with Gasteiger partial charge in [-0.15, -0.1) is 0 Å². The fourth-order valence-corrected chi connectivity index (χ4v) is 2.67. The highest BCUT2D eigenvalue weighted by molar-refractivity contribution is 5.74. The molecule has 1 heterocycles. The molecule has 0 bridgehead atoms. The predicted molar refractivity (Wildman–Crippen MR) is 56.1 cm³/mol. The van der Waals surface area contributed by atoms with Crippen LogP contribution in [0.3, 0.4) is 0 Å². The highest BCUT2D eigenvalue weighted by Crippen LogP contribution is 2.29. The van der Waals surface area contributed by atoms with Gasteiger partial charge in [0.15, 0.2) is 0 Å². The van der Waals surface area contributed by atoms with Crippen molar-refractivity contribution in [3.05, 3.63) is 0 Å². The molecule has 1 saturated carbocycles. The molecule has 2 rings (SSSR count). The second kappa shape index (κ2) is 4.67. The maximum Gasteiger partial charge on any atom is 0.314 e. The van der Waals surface area contributed by atoms with Gasteiger partial charge < -0.3 is 10.6 Å². The van der Waals surface area contributed by atoms with Crippen molar-refractivity contribution in [2.24, 2.45) is 11.8 Å². The summed E-state index contributed by atoms with van der Waals surface area (Å²) in [5.74, 6) is 1.58. The Morgan fingerprint density at radius 1 is 1.00 bits per heavy atom. The molecule has 3 nitrogen and oxygen atoms in total. The number of carbonyl (C=O) groups excluding carboxylic acids is 1. The lowest BCUT2D eigenvalue weighted by Gasteiger charge is -2.29. The van der Waals surface area contributed by atoms with Gasteiger partial charge in [-0.2, -0.15) is 0 Å². The monoisotopic (exact) mass is 196 g/mol. The Morgan fingerprint density at radius 3 is 2.29 bits per heavy atom. The minimum atomic E-state index is 0.00453. The molecule has 2 N–H and O–H groups in total. The molecule has 1 aliphatic carbocycles. The van der Waals surface area contributed by atoms with Crippen molar-refractivity contribution in [3.8, 4) is 0 Å². The molecule has 0 aromatic carbocycles. The number of hydrogen-bond acceptors (Lipinski definition) is 1. The van der Waals surface area contributed by atoms with Crippen molar-refractivity contribution >= 4 is 6.03 Å². The summed E-state index contributed by atoms with van der Waals surface area (Å²) in [5, 5.41) is 5.74. The number of amides is 2.